The summed E-state index contributed by atoms with van der Waals surface area (Å²) in [5.74, 6) is -0.414. The van der Waals surface area contributed by atoms with Crippen molar-refractivity contribution in [3.8, 4) is 5.75 Å². The number of anilines is 2. The van der Waals surface area contributed by atoms with Crippen LogP contribution in [0.2, 0.25) is 0 Å². The van der Waals surface area contributed by atoms with Gasteiger partial charge in [-0.05, 0) is 6.07 Å². The highest BCUT2D eigenvalue weighted by atomic mass is 16.6. The second-order valence-electron chi connectivity index (χ2n) is 4.93. The van der Waals surface area contributed by atoms with Crippen LogP contribution in [0, 0.1) is 10.1 Å². The zero-order chi connectivity index (χ0) is 17.3. The fourth-order valence-corrected chi connectivity index (χ4v) is 2.32. The molecular weight excluding hydrogens is 320 g/mol. The number of hydrogen-bond acceptors (Lipinski definition) is 7. The summed E-state index contributed by atoms with van der Waals surface area (Å²) in [6.07, 6.45) is 1.11. The molecular formula is C13H12N6O5. The molecule has 1 aromatic heterocycles. The molecule has 3 rings (SSSR count). The van der Waals surface area contributed by atoms with Crippen molar-refractivity contribution in [1.82, 2.24) is 14.8 Å². The predicted octanol–water partition coefficient (Wildman–Crippen LogP) is 0.717. The van der Waals surface area contributed by atoms with Gasteiger partial charge in [-0.15, -0.1) is 0 Å². The molecule has 0 saturated carbocycles. The molecule has 2 aromatic rings. The number of benzene rings is 1. The molecule has 2 N–H and O–H groups in total. The molecule has 2 heterocycles. The first-order chi connectivity index (χ1) is 11.5. The highest BCUT2D eigenvalue weighted by Crippen LogP contribution is 2.30. The maximum Gasteiger partial charge on any atom is 0.273 e. The number of nitro groups is 1. The highest BCUT2D eigenvalue weighted by Gasteiger charge is 2.33. The van der Waals surface area contributed by atoms with Crippen molar-refractivity contribution in [2.45, 2.75) is 12.5 Å². The van der Waals surface area contributed by atoms with Gasteiger partial charge in [0.2, 0.25) is 11.9 Å². The number of fused-ring (bicyclic) bond motifs is 1. The SMILES string of the molecule is COc1cc([N+](=O)[O-])ccc1NC(=O)CC1C(=O)Nc2ncnn21. The maximum absolute atomic E-state index is 12.2. The molecule has 11 nitrogen and oxygen atoms in total. The summed E-state index contributed by atoms with van der Waals surface area (Å²) in [6, 6.07) is 3.01. The first-order valence-electron chi connectivity index (χ1n) is 6.82. The summed E-state index contributed by atoms with van der Waals surface area (Å²) in [5, 5.41) is 19.7. The van der Waals surface area contributed by atoms with E-state index in [0.717, 1.165) is 0 Å². The number of aromatic nitrogens is 3. The molecule has 1 aliphatic rings. The van der Waals surface area contributed by atoms with Crippen molar-refractivity contribution >= 4 is 29.1 Å². The van der Waals surface area contributed by atoms with Crippen LogP contribution in [0.4, 0.5) is 17.3 Å². The molecule has 1 unspecified atom stereocenters. The lowest BCUT2D eigenvalue weighted by Gasteiger charge is -2.12. The minimum absolute atomic E-state index is 0.148. The average molecular weight is 332 g/mol. The third-order valence-electron chi connectivity index (χ3n) is 3.45. The summed E-state index contributed by atoms with van der Waals surface area (Å²) < 4.78 is 6.37. The molecule has 0 radical (unpaired) electrons. The molecule has 0 spiro atoms. The topological polar surface area (TPSA) is 141 Å². The minimum Gasteiger partial charge on any atom is -0.494 e. The quantitative estimate of drug-likeness (QED) is 0.606. The maximum atomic E-state index is 12.2. The summed E-state index contributed by atoms with van der Waals surface area (Å²) >= 11 is 0. The van der Waals surface area contributed by atoms with Gasteiger partial charge in [0.25, 0.3) is 11.6 Å². The van der Waals surface area contributed by atoms with Crippen LogP contribution < -0.4 is 15.4 Å². The minimum atomic E-state index is -0.799. The van der Waals surface area contributed by atoms with E-state index in [1.165, 1.54) is 36.3 Å². The van der Waals surface area contributed by atoms with Gasteiger partial charge in [-0.3, -0.25) is 25.0 Å². The Morgan fingerprint density at radius 2 is 2.33 bits per heavy atom. The smallest absolute Gasteiger partial charge is 0.273 e. The van der Waals surface area contributed by atoms with Gasteiger partial charge in [-0.1, -0.05) is 0 Å². The van der Waals surface area contributed by atoms with Crippen LogP contribution >= 0.6 is 0 Å². The number of rotatable bonds is 5. The Morgan fingerprint density at radius 3 is 3.04 bits per heavy atom. The number of ether oxygens (including phenoxy) is 1. The lowest BCUT2D eigenvalue weighted by atomic mass is 10.2. The van der Waals surface area contributed by atoms with Crippen LogP contribution in [0.5, 0.6) is 5.75 Å². The van der Waals surface area contributed by atoms with Crippen LogP contribution in [-0.4, -0.2) is 38.6 Å². The monoisotopic (exact) mass is 332 g/mol. The Morgan fingerprint density at radius 1 is 1.54 bits per heavy atom. The Kier molecular flexibility index (Phi) is 3.82. The number of nitro benzene ring substituents is 1. The van der Waals surface area contributed by atoms with E-state index in [-0.39, 0.29) is 35.4 Å². The second-order valence-corrected chi connectivity index (χ2v) is 4.93. The fourth-order valence-electron chi connectivity index (χ4n) is 2.32. The van der Waals surface area contributed by atoms with E-state index >= 15 is 0 Å². The predicted molar refractivity (Wildman–Crippen MR) is 80.6 cm³/mol. The summed E-state index contributed by atoms with van der Waals surface area (Å²) in [7, 11) is 1.33. The lowest BCUT2D eigenvalue weighted by molar-refractivity contribution is -0.384. The van der Waals surface area contributed by atoms with E-state index in [1.54, 1.807) is 0 Å². The van der Waals surface area contributed by atoms with Crippen LogP contribution in [0.25, 0.3) is 0 Å². The highest BCUT2D eigenvalue weighted by molar-refractivity contribution is 6.01. The van der Waals surface area contributed by atoms with Crippen molar-refractivity contribution in [3.05, 3.63) is 34.6 Å². The Bertz CT molecular complexity index is 832. The Hall–Kier alpha value is -3.50. The summed E-state index contributed by atoms with van der Waals surface area (Å²) in [4.78, 5) is 38.1. The number of carbonyl (C=O) groups excluding carboxylic acids is 2. The standard InChI is InChI=1S/C13H12N6O5/c1-24-10-4-7(19(22)23)2-3-8(10)16-11(20)5-9-12(21)17-13-14-6-15-18(9)13/h2-4,6,9H,5H2,1H3,(H,16,20)(H,14,15,17,21). The molecule has 124 valence electrons. The van der Waals surface area contributed by atoms with Gasteiger partial charge < -0.3 is 10.1 Å². The molecule has 2 amide bonds. The number of carbonyl (C=O) groups is 2. The van der Waals surface area contributed by atoms with Crippen molar-refractivity contribution in [2.75, 3.05) is 17.7 Å². The van der Waals surface area contributed by atoms with Gasteiger partial charge in [-0.2, -0.15) is 10.1 Å². The number of nitrogens with one attached hydrogen (secondary N) is 2. The van der Waals surface area contributed by atoms with Crippen molar-refractivity contribution in [1.29, 1.82) is 0 Å². The number of amides is 2. The van der Waals surface area contributed by atoms with Gasteiger partial charge in [0, 0.05) is 6.07 Å². The van der Waals surface area contributed by atoms with Gasteiger partial charge in [0.05, 0.1) is 30.2 Å². The van der Waals surface area contributed by atoms with E-state index in [0.29, 0.717) is 0 Å². The Labute approximate surface area is 134 Å². The number of non-ortho nitro benzene ring substituents is 1. The van der Waals surface area contributed by atoms with Gasteiger partial charge >= 0.3 is 0 Å². The van der Waals surface area contributed by atoms with Crippen LogP contribution in [0.1, 0.15) is 12.5 Å². The van der Waals surface area contributed by atoms with Gasteiger partial charge in [-0.25, -0.2) is 4.68 Å². The van der Waals surface area contributed by atoms with E-state index in [4.69, 9.17) is 4.74 Å². The van der Waals surface area contributed by atoms with E-state index < -0.39 is 16.9 Å². The van der Waals surface area contributed by atoms with Crippen molar-refractivity contribution < 1.29 is 19.2 Å². The molecule has 1 aromatic carbocycles. The van der Waals surface area contributed by atoms with Crippen molar-refractivity contribution in [3.63, 3.8) is 0 Å². The van der Waals surface area contributed by atoms with E-state index in [1.807, 2.05) is 0 Å². The van der Waals surface area contributed by atoms with E-state index in [9.17, 15) is 19.7 Å². The molecule has 0 bridgehead atoms. The first-order valence-corrected chi connectivity index (χ1v) is 6.82. The van der Waals surface area contributed by atoms with Crippen LogP contribution in [0.3, 0.4) is 0 Å². The third kappa shape index (κ3) is 2.74. The molecule has 1 atom stereocenters. The number of nitrogens with zero attached hydrogens (tertiary/aromatic N) is 4. The molecule has 0 saturated heterocycles. The molecule has 1 aliphatic heterocycles. The molecule has 0 aliphatic carbocycles. The number of methoxy groups -OCH3 is 1. The van der Waals surface area contributed by atoms with Gasteiger partial charge in [0.1, 0.15) is 18.1 Å². The summed E-state index contributed by atoms with van der Waals surface area (Å²) in [6.45, 7) is 0. The largest absolute Gasteiger partial charge is 0.494 e. The van der Waals surface area contributed by atoms with Gasteiger partial charge in [0.15, 0.2) is 0 Å². The molecule has 11 heteroatoms. The average Bonchev–Trinajstić information content (AvgIpc) is 3.10. The zero-order valence-corrected chi connectivity index (χ0v) is 12.4. The van der Waals surface area contributed by atoms with Crippen LogP contribution in [-0.2, 0) is 9.59 Å². The van der Waals surface area contributed by atoms with Crippen LogP contribution in [0.15, 0.2) is 24.5 Å². The van der Waals surface area contributed by atoms with Crippen molar-refractivity contribution in [2.24, 2.45) is 0 Å². The molecule has 24 heavy (non-hydrogen) atoms. The zero-order valence-electron chi connectivity index (χ0n) is 12.4. The first kappa shape index (κ1) is 15.4. The second kappa shape index (κ2) is 5.95. The number of hydrogen-bond donors (Lipinski definition) is 2. The molecule has 0 fully saturated rings. The third-order valence-corrected chi connectivity index (χ3v) is 3.45. The fraction of sp³-hybridized carbons (Fsp3) is 0.231. The normalized spacial score (nSPS) is 15.5. The Balaban J connectivity index is 1.74. The summed E-state index contributed by atoms with van der Waals surface area (Å²) in [5.41, 5.74) is 0.109. The lowest BCUT2D eigenvalue weighted by Crippen LogP contribution is -2.23. The van der Waals surface area contributed by atoms with E-state index in [2.05, 4.69) is 20.7 Å².